The lowest BCUT2D eigenvalue weighted by atomic mass is 9.66. The van der Waals surface area contributed by atoms with Gasteiger partial charge in [0.15, 0.2) is 0 Å². The highest BCUT2D eigenvalue weighted by molar-refractivity contribution is 6.14. The molecule has 1 N–H and O–H groups in total. The molecule has 3 aliphatic heterocycles. The Hall–Kier alpha value is -3.38. The molecule has 0 unspecified atom stereocenters. The Kier molecular flexibility index (Phi) is 4.88. The van der Waals surface area contributed by atoms with Gasteiger partial charge >= 0.3 is 5.97 Å². The van der Waals surface area contributed by atoms with Crippen molar-refractivity contribution in [1.82, 2.24) is 9.47 Å². The second kappa shape index (κ2) is 7.84. The topological polar surface area (TPSA) is 63.6 Å². The molecule has 6 rings (SSSR count). The average molecular weight is 456 g/mol. The van der Waals surface area contributed by atoms with Gasteiger partial charge in [0.2, 0.25) is 0 Å². The molecule has 0 radical (unpaired) electrons. The molecule has 1 fully saturated rings. The summed E-state index contributed by atoms with van der Waals surface area (Å²) in [6, 6.07) is 15.5. The van der Waals surface area contributed by atoms with Crippen molar-refractivity contribution in [2.24, 2.45) is 5.41 Å². The highest BCUT2D eigenvalue weighted by Gasteiger charge is 2.51. The SMILES string of the molecule is CC[C@@]12C=C(C(=O)OC)n3c4c(c5ccc(NC(=O)c6ccccc6)cc53)CCN(CCC1)[C@H]42. The van der Waals surface area contributed by atoms with Gasteiger partial charge in [-0.15, -0.1) is 0 Å². The summed E-state index contributed by atoms with van der Waals surface area (Å²) in [6.45, 7) is 4.36. The third-order valence-corrected chi connectivity index (χ3v) is 8.03. The molecular weight excluding hydrogens is 426 g/mol. The van der Waals surface area contributed by atoms with E-state index in [1.807, 2.05) is 30.3 Å². The molecule has 3 aromatic rings. The number of ether oxygens (including phenoxy) is 1. The first-order valence-electron chi connectivity index (χ1n) is 12.2. The number of methoxy groups -OCH3 is 1. The molecule has 4 heterocycles. The number of hydrogen-bond donors (Lipinski definition) is 1. The van der Waals surface area contributed by atoms with Crippen LogP contribution in [-0.4, -0.2) is 41.5 Å². The van der Waals surface area contributed by atoms with Crippen LogP contribution in [-0.2, 0) is 16.0 Å². The molecule has 0 aliphatic carbocycles. The Morgan fingerprint density at radius 2 is 1.97 bits per heavy atom. The summed E-state index contributed by atoms with van der Waals surface area (Å²) >= 11 is 0. The van der Waals surface area contributed by atoms with Crippen LogP contribution in [0.4, 0.5) is 5.69 Å². The van der Waals surface area contributed by atoms with Gasteiger partial charge in [-0.25, -0.2) is 4.79 Å². The minimum atomic E-state index is -0.313. The highest BCUT2D eigenvalue weighted by Crippen LogP contribution is 2.57. The van der Waals surface area contributed by atoms with E-state index in [0.717, 1.165) is 49.7 Å². The lowest BCUT2D eigenvalue weighted by molar-refractivity contribution is -0.134. The van der Waals surface area contributed by atoms with Crippen molar-refractivity contribution in [3.05, 3.63) is 71.4 Å². The van der Waals surface area contributed by atoms with E-state index < -0.39 is 0 Å². The second-order valence-electron chi connectivity index (χ2n) is 9.65. The fraction of sp³-hybridized carbons (Fsp3) is 0.357. The molecule has 3 aliphatic rings. The van der Waals surface area contributed by atoms with E-state index in [-0.39, 0.29) is 23.3 Å². The molecule has 6 nitrogen and oxygen atoms in total. The normalized spacial score (nSPS) is 23.2. The first-order valence-corrected chi connectivity index (χ1v) is 12.2. The lowest BCUT2D eigenvalue weighted by Crippen LogP contribution is -2.51. The van der Waals surface area contributed by atoms with Crippen LogP contribution in [0.25, 0.3) is 16.6 Å². The number of amides is 1. The monoisotopic (exact) mass is 455 g/mol. The van der Waals surface area contributed by atoms with E-state index in [2.05, 4.69) is 33.8 Å². The number of esters is 1. The summed E-state index contributed by atoms with van der Waals surface area (Å²) in [6.07, 6.45) is 6.34. The van der Waals surface area contributed by atoms with E-state index in [9.17, 15) is 9.59 Å². The Bertz CT molecular complexity index is 1340. The zero-order valence-corrected chi connectivity index (χ0v) is 19.6. The first kappa shape index (κ1) is 21.2. The molecule has 6 heteroatoms. The van der Waals surface area contributed by atoms with Gasteiger partial charge in [-0.3, -0.25) is 9.69 Å². The number of anilines is 1. The summed E-state index contributed by atoms with van der Waals surface area (Å²) in [4.78, 5) is 28.5. The molecular formula is C28H29N3O3. The third kappa shape index (κ3) is 2.98. The minimum Gasteiger partial charge on any atom is -0.464 e. The summed E-state index contributed by atoms with van der Waals surface area (Å²) in [5, 5.41) is 4.18. The maximum atomic E-state index is 13.1. The van der Waals surface area contributed by atoms with Crippen molar-refractivity contribution < 1.29 is 14.3 Å². The van der Waals surface area contributed by atoms with Gasteiger partial charge in [0.1, 0.15) is 5.70 Å². The van der Waals surface area contributed by atoms with Crippen molar-refractivity contribution in [3.8, 4) is 0 Å². The Morgan fingerprint density at radius 3 is 2.74 bits per heavy atom. The molecule has 2 aromatic carbocycles. The van der Waals surface area contributed by atoms with E-state index >= 15 is 0 Å². The standard InChI is InChI=1S/C28H29N3O3/c1-3-28-13-7-14-30-15-12-21-20-11-10-19(29-26(32)18-8-5-4-6-9-18)16-22(20)31(24(21)25(28)30)23(17-28)27(33)34-2/h4-6,8-11,16-17,25H,3,7,12-15H2,1-2H3,(H,29,32)/t25-,28+/m1/s1. The largest absolute Gasteiger partial charge is 0.464 e. The number of benzene rings is 2. The molecule has 1 amide bonds. The predicted molar refractivity (Wildman–Crippen MR) is 133 cm³/mol. The predicted octanol–water partition coefficient (Wildman–Crippen LogP) is 5.01. The quantitative estimate of drug-likeness (QED) is 0.562. The van der Waals surface area contributed by atoms with Gasteiger partial charge < -0.3 is 14.6 Å². The summed E-state index contributed by atoms with van der Waals surface area (Å²) in [5.41, 5.74) is 5.37. The van der Waals surface area contributed by atoms with Crippen molar-refractivity contribution in [2.75, 3.05) is 25.5 Å². The summed E-state index contributed by atoms with van der Waals surface area (Å²) in [5.74, 6) is -0.463. The minimum absolute atomic E-state index is 0.0638. The van der Waals surface area contributed by atoms with Gasteiger partial charge in [0, 0.05) is 34.3 Å². The zero-order chi connectivity index (χ0) is 23.4. The zero-order valence-electron chi connectivity index (χ0n) is 19.6. The Labute approximate surface area is 199 Å². The number of hydrogen-bond acceptors (Lipinski definition) is 4. The molecule has 0 saturated carbocycles. The van der Waals surface area contributed by atoms with Crippen LogP contribution >= 0.6 is 0 Å². The smallest absolute Gasteiger partial charge is 0.354 e. The molecule has 174 valence electrons. The number of fused-ring (bicyclic) bond motifs is 3. The number of aromatic nitrogens is 1. The maximum Gasteiger partial charge on any atom is 0.354 e. The van der Waals surface area contributed by atoms with Gasteiger partial charge in [-0.05, 0) is 68.1 Å². The van der Waals surface area contributed by atoms with Crippen molar-refractivity contribution in [2.45, 2.75) is 38.6 Å². The van der Waals surface area contributed by atoms with Crippen molar-refractivity contribution in [1.29, 1.82) is 0 Å². The molecule has 34 heavy (non-hydrogen) atoms. The van der Waals surface area contributed by atoms with Gasteiger partial charge in [0.25, 0.3) is 5.91 Å². The van der Waals surface area contributed by atoms with Crippen molar-refractivity contribution in [3.63, 3.8) is 0 Å². The molecule has 2 atom stereocenters. The second-order valence-corrected chi connectivity index (χ2v) is 9.65. The highest BCUT2D eigenvalue weighted by atomic mass is 16.5. The Morgan fingerprint density at radius 1 is 1.15 bits per heavy atom. The van der Waals surface area contributed by atoms with E-state index in [1.165, 1.54) is 18.4 Å². The number of carbonyl (C=O) groups excluding carboxylic acids is 2. The number of carbonyl (C=O) groups is 2. The fourth-order valence-corrected chi connectivity index (χ4v) is 6.45. The molecule has 0 spiro atoms. The van der Waals surface area contributed by atoms with Crippen molar-refractivity contribution >= 4 is 34.2 Å². The fourth-order valence-electron chi connectivity index (χ4n) is 6.45. The van der Waals surface area contributed by atoms with E-state index in [1.54, 1.807) is 12.1 Å². The number of rotatable bonds is 4. The summed E-state index contributed by atoms with van der Waals surface area (Å²) < 4.78 is 7.38. The number of piperidine rings is 1. The number of nitrogens with zero attached hydrogens (tertiary/aromatic N) is 2. The van der Waals surface area contributed by atoms with Crippen LogP contribution in [0, 0.1) is 5.41 Å². The third-order valence-electron chi connectivity index (χ3n) is 8.03. The molecule has 1 saturated heterocycles. The van der Waals surface area contributed by atoms with Crippen LogP contribution < -0.4 is 5.32 Å². The lowest BCUT2D eigenvalue weighted by Gasteiger charge is -2.53. The first-order chi connectivity index (χ1) is 16.6. The molecule has 0 bridgehead atoms. The summed E-state index contributed by atoms with van der Waals surface area (Å²) in [7, 11) is 1.45. The van der Waals surface area contributed by atoms with Crippen LogP contribution in [0.5, 0.6) is 0 Å². The van der Waals surface area contributed by atoms with Crippen LogP contribution in [0.1, 0.15) is 53.8 Å². The van der Waals surface area contributed by atoms with Gasteiger partial charge in [0.05, 0.1) is 18.7 Å². The average Bonchev–Trinajstić information content (AvgIpc) is 3.21. The van der Waals surface area contributed by atoms with Crippen LogP contribution in [0.2, 0.25) is 0 Å². The van der Waals surface area contributed by atoms with Crippen LogP contribution in [0.3, 0.4) is 0 Å². The number of nitrogens with one attached hydrogen (secondary N) is 1. The van der Waals surface area contributed by atoms with Gasteiger partial charge in [-0.1, -0.05) is 31.2 Å². The Balaban J connectivity index is 1.53. The van der Waals surface area contributed by atoms with E-state index in [0.29, 0.717) is 16.9 Å². The molecule has 1 aromatic heterocycles. The van der Waals surface area contributed by atoms with Gasteiger partial charge in [-0.2, -0.15) is 0 Å². The van der Waals surface area contributed by atoms with E-state index in [4.69, 9.17) is 4.74 Å². The van der Waals surface area contributed by atoms with Crippen LogP contribution in [0.15, 0.2) is 54.6 Å². The maximum absolute atomic E-state index is 13.1.